The number of amidine groups is 1. The van der Waals surface area contributed by atoms with Crippen LogP contribution in [0.5, 0.6) is 0 Å². The summed E-state index contributed by atoms with van der Waals surface area (Å²) in [6.45, 7) is 0.342. The average Bonchev–Trinajstić information content (AvgIpc) is 2.37. The molecule has 2 heterocycles. The van der Waals surface area contributed by atoms with Crippen LogP contribution in [-0.4, -0.2) is 21.0 Å². The highest BCUT2D eigenvalue weighted by molar-refractivity contribution is 6.17. The number of anilines is 1. The summed E-state index contributed by atoms with van der Waals surface area (Å²) in [6.07, 6.45) is -3.17. The standard InChI is InChI=1S/C9H3ClF4N5O2/c10-1-3-5(11)15-8(13)17-7(3)18-2-4(19(20)21)6(12)16-9(18)14/h2H,1H2. The van der Waals surface area contributed by atoms with Gasteiger partial charge in [-0.3, -0.25) is 15.0 Å². The molecule has 1 aliphatic heterocycles. The number of nitro groups is 1. The molecule has 1 aromatic rings. The Labute approximate surface area is 118 Å². The van der Waals surface area contributed by atoms with Crippen molar-refractivity contribution in [3.8, 4) is 0 Å². The van der Waals surface area contributed by atoms with Gasteiger partial charge in [-0.25, -0.2) is 0 Å². The third-order valence-corrected chi connectivity index (χ3v) is 2.59. The number of hydrogen-bond donors (Lipinski definition) is 0. The third kappa shape index (κ3) is 2.77. The van der Waals surface area contributed by atoms with Crippen molar-refractivity contribution >= 4 is 23.5 Å². The molecule has 2 rings (SSSR count). The number of aromatic nitrogens is 2. The molecule has 1 radical (unpaired) electrons. The molecule has 0 saturated heterocycles. The Hall–Kier alpha value is -2.30. The van der Waals surface area contributed by atoms with Gasteiger partial charge < -0.3 is 0 Å². The number of hydrogen-bond acceptors (Lipinski definition) is 6. The zero-order valence-corrected chi connectivity index (χ0v) is 10.5. The Morgan fingerprint density at radius 2 is 1.95 bits per heavy atom. The van der Waals surface area contributed by atoms with Crippen LogP contribution in [0.1, 0.15) is 5.56 Å². The van der Waals surface area contributed by atoms with Gasteiger partial charge in [-0.1, -0.05) is 0 Å². The van der Waals surface area contributed by atoms with Gasteiger partial charge in [0.15, 0.2) is 12.4 Å². The van der Waals surface area contributed by atoms with E-state index in [9.17, 15) is 27.7 Å². The summed E-state index contributed by atoms with van der Waals surface area (Å²) in [7, 11) is 0. The van der Waals surface area contributed by atoms with Crippen LogP contribution < -0.4 is 4.90 Å². The van der Waals surface area contributed by atoms with Crippen LogP contribution in [0.2, 0.25) is 0 Å². The van der Waals surface area contributed by atoms with E-state index in [1.54, 1.807) is 0 Å². The predicted octanol–water partition coefficient (Wildman–Crippen LogP) is 2.22. The van der Waals surface area contributed by atoms with Gasteiger partial charge in [0.1, 0.15) is 0 Å². The third-order valence-electron chi connectivity index (χ3n) is 2.32. The molecule has 0 N–H and O–H groups in total. The number of aliphatic imine (C=N–C) groups is 1. The van der Waals surface area contributed by atoms with Crippen molar-refractivity contribution in [2.75, 3.05) is 4.90 Å². The minimum atomic E-state index is -1.70. The first-order valence-corrected chi connectivity index (χ1v) is 5.59. The number of halogens is 5. The van der Waals surface area contributed by atoms with Crippen molar-refractivity contribution in [1.82, 2.24) is 9.97 Å². The molecular weight excluding hydrogens is 322 g/mol. The number of rotatable bonds is 3. The molecule has 1 aliphatic rings. The van der Waals surface area contributed by atoms with E-state index in [0.717, 1.165) is 0 Å². The summed E-state index contributed by atoms with van der Waals surface area (Å²) in [5.41, 5.74) is -1.75. The maximum absolute atomic E-state index is 13.6. The molecule has 0 spiro atoms. The molecule has 0 bridgehead atoms. The Morgan fingerprint density at radius 1 is 1.29 bits per heavy atom. The minimum Gasteiger partial charge on any atom is -0.269 e. The van der Waals surface area contributed by atoms with Crippen LogP contribution in [0.25, 0.3) is 0 Å². The number of nitrogens with zero attached hydrogens (tertiary/aromatic N) is 5. The van der Waals surface area contributed by atoms with Gasteiger partial charge >= 0.3 is 11.8 Å². The average molecular weight is 325 g/mol. The van der Waals surface area contributed by atoms with Gasteiger partial charge in [0.25, 0.3) is 12.0 Å². The van der Waals surface area contributed by atoms with E-state index in [4.69, 9.17) is 11.6 Å². The van der Waals surface area contributed by atoms with E-state index in [1.165, 1.54) is 0 Å². The quantitative estimate of drug-likeness (QED) is 0.162. The van der Waals surface area contributed by atoms with Gasteiger partial charge in [-0.2, -0.15) is 32.5 Å². The lowest BCUT2D eigenvalue weighted by Gasteiger charge is -2.22. The molecule has 0 aromatic carbocycles. The summed E-state index contributed by atoms with van der Waals surface area (Å²) < 4.78 is 53.2. The van der Waals surface area contributed by atoms with Gasteiger partial charge in [0.2, 0.25) is 5.95 Å². The van der Waals surface area contributed by atoms with Gasteiger partial charge in [0, 0.05) is 0 Å². The summed E-state index contributed by atoms with van der Waals surface area (Å²) in [4.78, 5) is 18.1. The molecule has 0 unspecified atom stereocenters. The van der Waals surface area contributed by atoms with Gasteiger partial charge in [0.05, 0.1) is 16.4 Å². The van der Waals surface area contributed by atoms with Crippen molar-refractivity contribution in [2.24, 2.45) is 4.99 Å². The topological polar surface area (TPSA) is 84.5 Å². The van der Waals surface area contributed by atoms with E-state index in [-0.39, 0.29) is 4.90 Å². The van der Waals surface area contributed by atoms with Crippen molar-refractivity contribution < 1.29 is 22.5 Å². The Morgan fingerprint density at radius 3 is 2.52 bits per heavy atom. The van der Waals surface area contributed by atoms with Gasteiger partial charge in [-0.15, -0.1) is 11.6 Å². The summed E-state index contributed by atoms with van der Waals surface area (Å²) in [5.74, 6) is -4.43. The second kappa shape index (κ2) is 5.60. The second-order valence-electron chi connectivity index (χ2n) is 3.53. The monoisotopic (exact) mass is 324 g/mol. The fourth-order valence-electron chi connectivity index (χ4n) is 1.43. The first-order valence-electron chi connectivity index (χ1n) is 5.05. The minimum absolute atomic E-state index is 0.201. The molecule has 1 aromatic heterocycles. The molecular formula is C9H3ClF4N5O2. The highest BCUT2D eigenvalue weighted by Crippen LogP contribution is 2.29. The Balaban J connectivity index is 2.54. The van der Waals surface area contributed by atoms with Crippen LogP contribution in [-0.2, 0) is 5.88 Å². The Kier molecular flexibility index (Phi) is 4.02. The largest absolute Gasteiger partial charge is 0.326 e. The maximum atomic E-state index is 13.6. The molecule has 0 amide bonds. The van der Waals surface area contributed by atoms with E-state index >= 15 is 0 Å². The molecule has 21 heavy (non-hydrogen) atoms. The first kappa shape index (κ1) is 15.1. The maximum Gasteiger partial charge on any atom is 0.326 e. The lowest BCUT2D eigenvalue weighted by atomic mass is 10.3. The molecule has 7 nitrogen and oxygen atoms in total. The van der Waals surface area contributed by atoms with Crippen LogP contribution in [0.3, 0.4) is 0 Å². The van der Waals surface area contributed by atoms with Crippen molar-refractivity contribution in [3.05, 3.63) is 45.9 Å². The molecule has 12 heteroatoms. The lowest BCUT2D eigenvalue weighted by molar-refractivity contribution is -0.424. The zero-order valence-electron chi connectivity index (χ0n) is 9.73. The van der Waals surface area contributed by atoms with E-state index in [0.29, 0.717) is 6.54 Å². The van der Waals surface area contributed by atoms with Crippen LogP contribution in [0, 0.1) is 28.7 Å². The SMILES string of the molecule is O=[N+]([O-])C1=C(F)N=C(F)N(c2nc(F)nc(F)c2CCl)[CH]1. The van der Waals surface area contributed by atoms with Crippen LogP contribution >= 0.6 is 11.6 Å². The summed E-state index contributed by atoms with van der Waals surface area (Å²) in [6, 6.07) is 0. The molecule has 0 fully saturated rings. The van der Waals surface area contributed by atoms with Crippen molar-refractivity contribution in [2.45, 2.75) is 5.88 Å². The molecule has 0 atom stereocenters. The van der Waals surface area contributed by atoms with E-state index in [2.05, 4.69) is 15.0 Å². The van der Waals surface area contributed by atoms with Crippen molar-refractivity contribution in [1.29, 1.82) is 0 Å². The number of alkyl halides is 1. The van der Waals surface area contributed by atoms with E-state index in [1.807, 2.05) is 0 Å². The Bertz CT molecular complexity index is 680. The normalized spacial score (nSPS) is 15.3. The van der Waals surface area contributed by atoms with Crippen LogP contribution in [0.4, 0.5) is 23.4 Å². The molecule has 0 aliphatic carbocycles. The first-order chi connectivity index (χ1) is 9.85. The fourth-order valence-corrected chi connectivity index (χ4v) is 1.66. The predicted molar refractivity (Wildman–Crippen MR) is 62.0 cm³/mol. The summed E-state index contributed by atoms with van der Waals surface area (Å²) >= 11 is 5.42. The summed E-state index contributed by atoms with van der Waals surface area (Å²) in [5, 5.41) is 10.6. The molecule has 0 saturated carbocycles. The highest BCUT2D eigenvalue weighted by atomic mass is 35.5. The fraction of sp³-hybridized carbons (Fsp3) is 0.111. The van der Waals surface area contributed by atoms with Crippen molar-refractivity contribution in [3.63, 3.8) is 0 Å². The zero-order chi connectivity index (χ0) is 15.7. The van der Waals surface area contributed by atoms with E-state index < -0.39 is 51.9 Å². The smallest absolute Gasteiger partial charge is 0.269 e. The van der Waals surface area contributed by atoms with Gasteiger partial charge in [-0.05, 0) is 0 Å². The second-order valence-corrected chi connectivity index (χ2v) is 3.80. The highest BCUT2D eigenvalue weighted by Gasteiger charge is 2.35. The van der Waals surface area contributed by atoms with Crippen LogP contribution in [0.15, 0.2) is 16.6 Å². The molecule has 111 valence electrons. The lowest BCUT2D eigenvalue weighted by Crippen LogP contribution is -2.33.